The van der Waals surface area contributed by atoms with Gasteiger partial charge in [-0.25, -0.2) is 0 Å². The molecule has 0 spiro atoms. The van der Waals surface area contributed by atoms with Crippen LogP contribution >= 0.6 is 11.3 Å². The predicted octanol–water partition coefficient (Wildman–Crippen LogP) is 4.27. The number of hydrogen-bond donors (Lipinski definition) is 0. The third-order valence-corrected chi connectivity index (χ3v) is 7.35. The zero-order chi connectivity index (χ0) is 21.3. The highest BCUT2D eigenvalue weighted by atomic mass is 32.1. The van der Waals surface area contributed by atoms with Crippen molar-refractivity contribution in [3.63, 3.8) is 0 Å². The van der Waals surface area contributed by atoms with Crippen molar-refractivity contribution in [2.75, 3.05) is 20.2 Å². The normalized spacial score (nSPS) is 19.2. The summed E-state index contributed by atoms with van der Waals surface area (Å²) in [6.07, 6.45) is 3.63. The van der Waals surface area contributed by atoms with Crippen LogP contribution in [-0.2, 0) is 16.0 Å². The molecule has 1 aliphatic heterocycles. The zero-order valence-corrected chi connectivity index (χ0v) is 18.8. The van der Waals surface area contributed by atoms with Crippen molar-refractivity contribution in [3.05, 3.63) is 51.7 Å². The summed E-state index contributed by atoms with van der Waals surface area (Å²) in [7, 11) is 1.66. The zero-order valence-electron chi connectivity index (χ0n) is 18.0. The third-order valence-electron chi connectivity index (χ3n) is 6.36. The lowest BCUT2D eigenvalue weighted by molar-refractivity contribution is -0.144. The minimum atomic E-state index is -0.117. The fraction of sp³-hybridized carbons (Fsp3) is 0.500. The van der Waals surface area contributed by atoms with Crippen molar-refractivity contribution < 1.29 is 14.3 Å². The van der Waals surface area contributed by atoms with Gasteiger partial charge in [0.2, 0.25) is 11.8 Å². The number of ether oxygens (including phenoxy) is 1. The number of carbonyl (C=O) groups excluding carboxylic acids is 2. The number of nitrogens with zero attached hydrogens (tertiary/aromatic N) is 2. The standard InChI is InChI=1S/C24H30N2O3S/c1-4-16(2)26(24(28)18-5-6-18)15-22(27)25-13-11-21-20(12-14-30-21)23(25)17-7-9-19(29-3)10-8-17/h7-10,12,14,16,18,23H,4-6,11,13,15H2,1-3H3/t16-,23-/m0/s1. The minimum Gasteiger partial charge on any atom is -0.497 e. The van der Waals surface area contributed by atoms with Crippen LogP contribution < -0.4 is 4.74 Å². The summed E-state index contributed by atoms with van der Waals surface area (Å²) in [6.45, 7) is 4.95. The van der Waals surface area contributed by atoms with Crippen molar-refractivity contribution in [3.8, 4) is 5.75 Å². The van der Waals surface area contributed by atoms with E-state index in [0.717, 1.165) is 37.0 Å². The molecule has 1 aromatic heterocycles. The Morgan fingerprint density at radius 2 is 1.97 bits per heavy atom. The van der Waals surface area contributed by atoms with Gasteiger partial charge in [-0.15, -0.1) is 11.3 Å². The van der Waals surface area contributed by atoms with Gasteiger partial charge in [0.25, 0.3) is 0 Å². The Kier molecular flexibility index (Phi) is 6.14. The molecule has 30 heavy (non-hydrogen) atoms. The summed E-state index contributed by atoms with van der Waals surface area (Å²) in [5.74, 6) is 1.10. The first-order chi connectivity index (χ1) is 14.5. The van der Waals surface area contributed by atoms with Crippen molar-refractivity contribution in [2.24, 2.45) is 5.92 Å². The molecule has 4 rings (SSSR count). The topological polar surface area (TPSA) is 49.9 Å². The monoisotopic (exact) mass is 426 g/mol. The molecule has 0 radical (unpaired) electrons. The van der Waals surface area contributed by atoms with Crippen LogP contribution in [0.5, 0.6) is 5.75 Å². The number of thiophene rings is 1. The van der Waals surface area contributed by atoms with Crippen LogP contribution in [0.15, 0.2) is 35.7 Å². The molecular formula is C24H30N2O3S. The maximum absolute atomic E-state index is 13.5. The fourth-order valence-corrected chi connectivity index (χ4v) is 5.11. The van der Waals surface area contributed by atoms with Crippen LogP contribution in [0.25, 0.3) is 0 Å². The van der Waals surface area contributed by atoms with Gasteiger partial charge < -0.3 is 14.5 Å². The molecule has 2 amide bonds. The van der Waals surface area contributed by atoms with E-state index >= 15 is 0 Å². The van der Waals surface area contributed by atoms with Gasteiger partial charge in [0.1, 0.15) is 12.3 Å². The number of fused-ring (bicyclic) bond motifs is 1. The highest BCUT2D eigenvalue weighted by Crippen LogP contribution is 2.38. The van der Waals surface area contributed by atoms with Gasteiger partial charge >= 0.3 is 0 Å². The summed E-state index contributed by atoms with van der Waals surface area (Å²) < 4.78 is 5.31. The van der Waals surface area contributed by atoms with Crippen LogP contribution in [0.3, 0.4) is 0 Å². The lowest BCUT2D eigenvalue weighted by Gasteiger charge is -2.38. The Labute approximate surface area is 182 Å². The van der Waals surface area contributed by atoms with E-state index < -0.39 is 0 Å². The van der Waals surface area contributed by atoms with E-state index in [-0.39, 0.29) is 36.4 Å². The fourth-order valence-electron chi connectivity index (χ4n) is 4.20. The van der Waals surface area contributed by atoms with Crippen LogP contribution in [0, 0.1) is 5.92 Å². The quantitative estimate of drug-likeness (QED) is 0.664. The highest BCUT2D eigenvalue weighted by molar-refractivity contribution is 7.10. The summed E-state index contributed by atoms with van der Waals surface area (Å²) in [5, 5.41) is 2.11. The molecule has 0 unspecified atom stereocenters. The number of carbonyl (C=O) groups is 2. The summed E-state index contributed by atoms with van der Waals surface area (Å²) in [6, 6.07) is 10.1. The van der Waals surface area contributed by atoms with Gasteiger partial charge in [-0.1, -0.05) is 19.1 Å². The van der Waals surface area contributed by atoms with Gasteiger partial charge in [0, 0.05) is 23.4 Å². The third kappa shape index (κ3) is 4.10. The second-order valence-corrected chi connectivity index (χ2v) is 9.31. The average molecular weight is 427 g/mol. The molecular weight excluding hydrogens is 396 g/mol. The van der Waals surface area contributed by atoms with E-state index in [1.54, 1.807) is 18.4 Å². The molecule has 0 saturated heterocycles. The Balaban J connectivity index is 1.61. The molecule has 2 aliphatic rings. The SMILES string of the molecule is CC[C@H](C)N(CC(=O)N1CCc2sccc2[C@@H]1c1ccc(OC)cc1)C(=O)C1CC1. The molecule has 0 bridgehead atoms. The van der Waals surface area contributed by atoms with Gasteiger partial charge in [-0.3, -0.25) is 9.59 Å². The van der Waals surface area contributed by atoms with E-state index in [1.807, 2.05) is 41.0 Å². The maximum atomic E-state index is 13.5. The molecule has 1 fully saturated rings. The van der Waals surface area contributed by atoms with Crippen LogP contribution in [0.1, 0.15) is 55.2 Å². The van der Waals surface area contributed by atoms with E-state index in [2.05, 4.69) is 18.4 Å². The number of methoxy groups -OCH3 is 1. The Hall–Kier alpha value is -2.34. The van der Waals surface area contributed by atoms with Crippen molar-refractivity contribution in [2.45, 2.75) is 51.6 Å². The number of rotatable bonds is 7. The van der Waals surface area contributed by atoms with E-state index in [0.29, 0.717) is 6.54 Å². The van der Waals surface area contributed by atoms with E-state index in [4.69, 9.17) is 4.74 Å². The van der Waals surface area contributed by atoms with E-state index in [9.17, 15) is 9.59 Å². The molecule has 1 aromatic carbocycles. The molecule has 160 valence electrons. The molecule has 2 aromatic rings. The first-order valence-corrected chi connectivity index (χ1v) is 11.7. The van der Waals surface area contributed by atoms with Crippen molar-refractivity contribution in [1.29, 1.82) is 0 Å². The van der Waals surface area contributed by atoms with Crippen molar-refractivity contribution >= 4 is 23.2 Å². The molecule has 1 aliphatic carbocycles. The minimum absolute atomic E-state index is 0.0296. The van der Waals surface area contributed by atoms with Crippen LogP contribution in [-0.4, -0.2) is 47.9 Å². The Morgan fingerprint density at radius 1 is 1.23 bits per heavy atom. The largest absolute Gasteiger partial charge is 0.497 e. The van der Waals surface area contributed by atoms with Gasteiger partial charge in [0.15, 0.2) is 0 Å². The molecule has 6 heteroatoms. The first-order valence-electron chi connectivity index (χ1n) is 10.8. The van der Waals surface area contributed by atoms with E-state index in [1.165, 1.54) is 10.4 Å². The Morgan fingerprint density at radius 3 is 2.60 bits per heavy atom. The Bertz CT molecular complexity index is 903. The molecule has 2 atom stereocenters. The highest BCUT2D eigenvalue weighted by Gasteiger charge is 2.38. The molecule has 5 nitrogen and oxygen atoms in total. The summed E-state index contributed by atoms with van der Waals surface area (Å²) >= 11 is 1.76. The number of benzene rings is 1. The smallest absolute Gasteiger partial charge is 0.243 e. The van der Waals surface area contributed by atoms with Gasteiger partial charge in [0.05, 0.1) is 13.2 Å². The average Bonchev–Trinajstić information content (AvgIpc) is 3.52. The van der Waals surface area contributed by atoms with Gasteiger partial charge in [-0.2, -0.15) is 0 Å². The first kappa shape index (κ1) is 20.9. The summed E-state index contributed by atoms with van der Waals surface area (Å²) in [4.78, 5) is 31.5. The lowest BCUT2D eigenvalue weighted by atomic mass is 9.93. The number of amides is 2. The second-order valence-electron chi connectivity index (χ2n) is 8.31. The predicted molar refractivity (Wildman–Crippen MR) is 119 cm³/mol. The van der Waals surface area contributed by atoms with Crippen molar-refractivity contribution in [1.82, 2.24) is 9.80 Å². The second kappa shape index (κ2) is 8.80. The molecule has 2 heterocycles. The maximum Gasteiger partial charge on any atom is 0.243 e. The summed E-state index contributed by atoms with van der Waals surface area (Å²) in [5.41, 5.74) is 2.28. The van der Waals surface area contributed by atoms with Crippen LogP contribution in [0.2, 0.25) is 0 Å². The number of hydrogen-bond acceptors (Lipinski definition) is 4. The lowest BCUT2D eigenvalue weighted by Crippen LogP contribution is -2.49. The van der Waals surface area contributed by atoms with Gasteiger partial charge in [-0.05, 0) is 67.3 Å². The molecule has 0 N–H and O–H groups in total. The molecule has 1 saturated carbocycles. The van der Waals surface area contributed by atoms with Crippen LogP contribution in [0.4, 0.5) is 0 Å².